The number of anilines is 2. The molecule has 32 heavy (non-hydrogen) atoms. The zero-order valence-corrected chi connectivity index (χ0v) is 18.3. The van der Waals surface area contributed by atoms with Crippen LogP contribution in [-0.4, -0.2) is 44.3 Å². The number of morpholine rings is 1. The Morgan fingerprint density at radius 3 is 2.28 bits per heavy atom. The molecule has 1 atom stereocenters. The molecule has 4 rings (SSSR count). The van der Waals surface area contributed by atoms with Gasteiger partial charge < -0.3 is 19.7 Å². The lowest BCUT2D eigenvalue weighted by molar-refractivity contribution is -0.159. The van der Waals surface area contributed by atoms with E-state index in [9.17, 15) is 14.0 Å². The first-order chi connectivity index (χ1) is 15.5. The average molecular weight is 441 g/mol. The summed E-state index contributed by atoms with van der Waals surface area (Å²) in [5.74, 6) is -1.15. The van der Waals surface area contributed by atoms with E-state index in [0.717, 1.165) is 37.2 Å². The fourth-order valence-electron chi connectivity index (χ4n) is 4.51. The average Bonchev–Trinajstić information content (AvgIpc) is 3.32. The molecule has 0 radical (unpaired) electrons. The molecule has 6 nitrogen and oxygen atoms in total. The highest BCUT2D eigenvalue weighted by atomic mass is 19.1. The van der Waals surface area contributed by atoms with Crippen LogP contribution in [0, 0.1) is 5.82 Å². The Morgan fingerprint density at radius 1 is 1.03 bits per heavy atom. The van der Waals surface area contributed by atoms with Gasteiger partial charge in [0.1, 0.15) is 5.82 Å². The second kappa shape index (κ2) is 9.69. The van der Waals surface area contributed by atoms with Crippen molar-refractivity contribution < 1.29 is 23.5 Å². The van der Waals surface area contributed by atoms with Gasteiger partial charge >= 0.3 is 5.97 Å². The molecule has 0 bridgehead atoms. The van der Waals surface area contributed by atoms with E-state index in [1.807, 2.05) is 24.3 Å². The molecule has 2 fully saturated rings. The van der Waals surface area contributed by atoms with Crippen molar-refractivity contribution in [3.63, 3.8) is 0 Å². The molecule has 2 aromatic rings. The summed E-state index contributed by atoms with van der Waals surface area (Å²) in [4.78, 5) is 28.0. The summed E-state index contributed by atoms with van der Waals surface area (Å²) in [6.07, 6.45) is 2.11. The van der Waals surface area contributed by atoms with Gasteiger partial charge in [-0.1, -0.05) is 25.0 Å². The van der Waals surface area contributed by atoms with Crippen LogP contribution in [0.25, 0.3) is 0 Å². The minimum absolute atomic E-state index is 0.345. The highest BCUT2D eigenvalue weighted by molar-refractivity contribution is 5.96. The molecule has 2 aromatic carbocycles. The maximum Gasteiger partial charge on any atom is 0.317 e. The molecule has 1 heterocycles. The zero-order valence-electron chi connectivity index (χ0n) is 18.3. The number of hydrogen-bond acceptors (Lipinski definition) is 5. The highest BCUT2D eigenvalue weighted by Gasteiger charge is 2.45. The van der Waals surface area contributed by atoms with E-state index in [-0.39, 0.29) is 11.7 Å². The lowest BCUT2D eigenvalue weighted by Gasteiger charge is -2.29. The Kier molecular flexibility index (Phi) is 6.74. The summed E-state index contributed by atoms with van der Waals surface area (Å²) < 4.78 is 24.4. The van der Waals surface area contributed by atoms with E-state index >= 15 is 0 Å². The SMILES string of the molecule is C[C@@H](OC(=O)C1(c2ccc(F)cc2)CCCC1)C(=O)Nc1ccc(N2CCOCC2)cc1. The smallest absolute Gasteiger partial charge is 0.317 e. The first-order valence-electron chi connectivity index (χ1n) is 11.2. The fraction of sp³-hybridized carbons (Fsp3) is 0.440. The molecule has 0 spiro atoms. The number of nitrogens with zero attached hydrogens (tertiary/aromatic N) is 1. The van der Waals surface area contributed by atoms with Crippen LogP contribution in [0.3, 0.4) is 0 Å². The van der Waals surface area contributed by atoms with Crippen molar-refractivity contribution in [3.05, 3.63) is 59.9 Å². The largest absolute Gasteiger partial charge is 0.452 e. The predicted molar refractivity (Wildman–Crippen MR) is 120 cm³/mol. The standard InChI is InChI=1S/C25H29FN2O4/c1-18(23(29)27-21-8-10-22(11-9-21)28-14-16-31-17-15-28)32-24(30)25(12-2-3-13-25)19-4-6-20(26)7-5-19/h4-11,18H,2-3,12-17H2,1H3,(H,27,29)/t18-/m1/s1. The van der Waals surface area contributed by atoms with Crippen molar-refractivity contribution in [3.8, 4) is 0 Å². The lowest BCUT2D eigenvalue weighted by Crippen LogP contribution is -2.39. The Hall–Kier alpha value is -2.93. The van der Waals surface area contributed by atoms with Gasteiger partial charge in [0.2, 0.25) is 0 Å². The Morgan fingerprint density at radius 2 is 1.66 bits per heavy atom. The zero-order chi connectivity index (χ0) is 22.6. The van der Waals surface area contributed by atoms with Gasteiger partial charge in [-0.15, -0.1) is 0 Å². The summed E-state index contributed by atoms with van der Waals surface area (Å²) >= 11 is 0. The van der Waals surface area contributed by atoms with E-state index in [1.165, 1.54) is 12.1 Å². The summed E-state index contributed by atoms with van der Waals surface area (Å²) in [5, 5.41) is 2.82. The minimum atomic E-state index is -0.945. The molecule has 2 aliphatic rings. The molecular formula is C25H29FN2O4. The van der Waals surface area contributed by atoms with E-state index in [4.69, 9.17) is 9.47 Å². The van der Waals surface area contributed by atoms with Crippen molar-refractivity contribution in [1.29, 1.82) is 0 Å². The van der Waals surface area contributed by atoms with E-state index in [0.29, 0.717) is 31.7 Å². The Bertz CT molecular complexity index is 933. The Labute approximate surface area is 187 Å². The summed E-state index contributed by atoms with van der Waals surface area (Å²) in [6, 6.07) is 13.6. The summed E-state index contributed by atoms with van der Waals surface area (Å²) in [7, 11) is 0. The van der Waals surface area contributed by atoms with Crippen molar-refractivity contribution in [2.24, 2.45) is 0 Å². The van der Waals surface area contributed by atoms with E-state index in [2.05, 4.69) is 10.2 Å². The van der Waals surface area contributed by atoms with Crippen molar-refractivity contribution in [1.82, 2.24) is 0 Å². The second-order valence-electron chi connectivity index (χ2n) is 8.48. The van der Waals surface area contributed by atoms with Gasteiger partial charge in [-0.05, 0) is 61.7 Å². The van der Waals surface area contributed by atoms with Gasteiger partial charge in [0.25, 0.3) is 5.91 Å². The number of nitrogens with one attached hydrogen (secondary N) is 1. The predicted octanol–water partition coefficient (Wildman–Crippen LogP) is 4.04. The third kappa shape index (κ3) is 4.78. The molecular weight excluding hydrogens is 411 g/mol. The van der Waals surface area contributed by atoms with Gasteiger partial charge in [-0.3, -0.25) is 9.59 Å². The van der Waals surface area contributed by atoms with Crippen molar-refractivity contribution >= 4 is 23.3 Å². The van der Waals surface area contributed by atoms with Crippen molar-refractivity contribution in [2.45, 2.75) is 44.1 Å². The number of benzene rings is 2. The molecule has 1 amide bonds. The fourth-order valence-corrected chi connectivity index (χ4v) is 4.51. The minimum Gasteiger partial charge on any atom is -0.452 e. The first kappa shape index (κ1) is 22.3. The van der Waals surface area contributed by atoms with Crippen LogP contribution in [0.5, 0.6) is 0 Å². The van der Waals surface area contributed by atoms with Gasteiger partial charge in [0.05, 0.1) is 18.6 Å². The third-order valence-electron chi connectivity index (χ3n) is 6.41. The molecule has 1 saturated heterocycles. The van der Waals surface area contributed by atoms with Gasteiger partial charge in [0, 0.05) is 24.5 Å². The van der Waals surface area contributed by atoms with E-state index in [1.54, 1.807) is 19.1 Å². The quantitative estimate of drug-likeness (QED) is 0.687. The molecule has 0 aromatic heterocycles. The molecule has 0 unspecified atom stereocenters. The number of ether oxygens (including phenoxy) is 2. The monoisotopic (exact) mass is 440 g/mol. The molecule has 170 valence electrons. The number of rotatable bonds is 6. The molecule has 1 aliphatic heterocycles. The van der Waals surface area contributed by atoms with Crippen LogP contribution in [0.4, 0.5) is 15.8 Å². The van der Waals surface area contributed by atoms with E-state index < -0.39 is 17.5 Å². The van der Waals surface area contributed by atoms with Crippen LogP contribution < -0.4 is 10.2 Å². The number of carbonyl (C=O) groups is 2. The Balaban J connectivity index is 1.38. The number of esters is 1. The normalized spacial score (nSPS) is 18.8. The van der Waals surface area contributed by atoms with Crippen LogP contribution in [0.1, 0.15) is 38.2 Å². The lowest BCUT2D eigenvalue weighted by atomic mass is 9.79. The van der Waals surface area contributed by atoms with Crippen LogP contribution in [-0.2, 0) is 24.5 Å². The molecule has 7 heteroatoms. The maximum atomic E-state index is 13.4. The van der Waals surface area contributed by atoms with Gasteiger partial charge in [-0.25, -0.2) is 4.39 Å². The van der Waals surface area contributed by atoms with Crippen LogP contribution in [0.2, 0.25) is 0 Å². The van der Waals surface area contributed by atoms with Gasteiger partial charge in [0.15, 0.2) is 6.10 Å². The molecule has 1 saturated carbocycles. The van der Waals surface area contributed by atoms with Crippen LogP contribution in [0.15, 0.2) is 48.5 Å². The highest BCUT2D eigenvalue weighted by Crippen LogP contribution is 2.42. The summed E-state index contributed by atoms with van der Waals surface area (Å²) in [5.41, 5.74) is 1.65. The third-order valence-corrected chi connectivity index (χ3v) is 6.41. The topological polar surface area (TPSA) is 67.9 Å². The van der Waals surface area contributed by atoms with Crippen LogP contribution >= 0.6 is 0 Å². The number of amides is 1. The second-order valence-corrected chi connectivity index (χ2v) is 8.48. The number of halogens is 1. The van der Waals surface area contributed by atoms with Gasteiger partial charge in [-0.2, -0.15) is 0 Å². The molecule has 1 N–H and O–H groups in total. The first-order valence-corrected chi connectivity index (χ1v) is 11.2. The number of carbonyl (C=O) groups excluding carboxylic acids is 2. The van der Waals surface area contributed by atoms with Crippen molar-refractivity contribution in [2.75, 3.05) is 36.5 Å². The number of hydrogen-bond donors (Lipinski definition) is 1. The summed E-state index contributed by atoms with van der Waals surface area (Å²) in [6.45, 7) is 4.67. The molecule has 1 aliphatic carbocycles. The maximum absolute atomic E-state index is 13.4.